The molecule has 1 aliphatic heterocycles. The van der Waals surface area contributed by atoms with Gasteiger partial charge in [-0.05, 0) is 19.1 Å². The molecule has 0 aliphatic carbocycles. The van der Waals surface area contributed by atoms with Gasteiger partial charge >= 0.3 is 18.2 Å². The molecular formula is C21H24N2O10. The van der Waals surface area contributed by atoms with Crippen molar-refractivity contribution in [2.24, 2.45) is 0 Å². The molecule has 0 unspecified atom stereocenters. The van der Waals surface area contributed by atoms with Crippen molar-refractivity contribution in [3.63, 3.8) is 0 Å². The Morgan fingerprint density at radius 3 is 2.39 bits per heavy atom. The maximum absolute atomic E-state index is 12.4. The molecule has 0 bridgehead atoms. The van der Waals surface area contributed by atoms with E-state index in [0.29, 0.717) is 0 Å². The van der Waals surface area contributed by atoms with Crippen LogP contribution in [-0.2, 0) is 23.7 Å². The fourth-order valence-corrected chi connectivity index (χ4v) is 2.94. The van der Waals surface area contributed by atoms with E-state index in [2.05, 4.69) is 18.5 Å². The number of ether oxygens (including phenoxy) is 5. The van der Waals surface area contributed by atoms with Crippen LogP contribution in [0.25, 0.3) is 0 Å². The predicted octanol–water partition coefficient (Wildman–Crippen LogP) is 2.88. The summed E-state index contributed by atoms with van der Waals surface area (Å²) in [5, 5.41) is 13.3. The second-order valence-electron chi connectivity index (χ2n) is 6.79. The van der Waals surface area contributed by atoms with Gasteiger partial charge in [0.1, 0.15) is 13.2 Å². The average Bonchev–Trinajstić information content (AvgIpc) is 2.78. The first kappa shape index (κ1) is 25.3. The molecule has 178 valence electrons. The van der Waals surface area contributed by atoms with E-state index in [0.717, 1.165) is 0 Å². The number of nitrogens with one attached hydrogen (secondary N) is 1. The number of nitrogens with zero attached hydrogens (tertiary/aromatic N) is 1. The van der Waals surface area contributed by atoms with E-state index in [9.17, 15) is 24.5 Å². The molecule has 1 saturated heterocycles. The highest BCUT2D eigenvalue weighted by Crippen LogP contribution is 2.25. The maximum atomic E-state index is 12.4. The Balaban J connectivity index is 2.09. The molecule has 2 rings (SSSR count). The van der Waals surface area contributed by atoms with Crippen molar-refractivity contribution < 1.29 is 43.0 Å². The first-order valence-electron chi connectivity index (χ1n) is 9.84. The summed E-state index contributed by atoms with van der Waals surface area (Å²) in [6.45, 7) is 8.32. The highest BCUT2D eigenvalue weighted by molar-refractivity contribution is 5.89. The Morgan fingerprint density at radius 2 is 1.79 bits per heavy atom. The van der Waals surface area contributed by atoms with Gasteiger partial charge in [-0.2, -0.15) is 0 Å². The molecule has 1 aromatic rings. The summed E-state index contributed by atoms with van der Waals surface area (Å²) >= 11 is 0. The average molecular weight is 464 g/mol. The van der Waals surface area contributed by atoms with Gasteiger partial charge in [-0.15, -0.1) is 0 Å². The van der Waals surface area contributed by atoms with Crippen molar-refractivity contribution in [3.8, 4) is 0 Å². The molecule has 1 aliphatic rings. The standard InChI is InChI=1S/C21H24N2O10/c1-4-10-29-20(25)22-16-12-17(31-13(3)18(16)33-21(26)30-11-5-2)32-19(24)14-6-8-15(9-7-14)23(27)28/h4-9,13,16-18H,1-2,10-12H2,3H3,(H,22,25)/t13-,16-,17-,18+/m0/s1. The van der Waals surface area contributed by atoms with Crippen LogP contribution in [0.15, 0.2) is 49.6 Å². The lowest BCUT2D eigenvalue weighted by Gasteiger charge is -2.39. The first-order chi connectivity index (χ1) is 15.7. The number of esters is 1. The molecule has 1 fully saturated rings. The minimum atomic E-state index is -1.11. The second kappa shape index (κ2) is 12.2. The number of amides is 1. The highest BCUT2D eigenvalue weighted by atomic mass is 16.7. The normalized spacial score (nSPS) is 21.7. The summed E-state index contributed by atoms with van der Waals surface area (Å²) in [6.07, 6.45) is -2.05. The monoisotopic (exact) mass is 464 g/mol. The van der Waals surface area contributed by atoms with E-state index in [1.165, 1.54) is 36.4 Å². The predicted molar refractivity (Wildman–Crippen MR) is 112 cm³/mol. The SMILES string of the molecule is C=CCOC(=O)N[C@H]1C[C@H](OC(=O)c2ccc([N+](=O)[O-])cc2)O[C@@H](C)[C@H]1OC(=O)OCC=C. The van der Waals surface area contributed by atoms with Crippen LogP contribution < -0.4 is 5.32 Å². The van der Waals surface area contributed by atoms with Gasteiger partial charge in [0, 0.05) is 18.6 Å². The third-order valence-corrected chi connectivity index (χ3v) is 4.41. The first-order valence-corrected chi connectivity index (χ1v) is 9.84. The molecule has 12 heteroatoms. The molecule has 0 spiro atoms. The number of nitro groups is 1. The summed E-state index contributed by atoms with van der Waals surface area (Å²) in [6, 6.07) is 3.98. The van der Waals surface area contributed by atoms with Gasteiger partial charge in [0.15, 0.2) is 6.10 Å². The lowest BCUT2D eigenvalue weighted by molar-refractivity contribution is -0.384. The Hall–Kier alpha value is -3.93. The number of nitro benzene ring substituents is 1. The molecule has 1 amide bonds. The van der Waals surface area contributed by atoms with Crippen LogP contribution in [0.4, 0.5) is 15.3 Å². The van der Waals surface area contributed by atoms with E-state index in [-0.39, 0.29) is 30.9 Å². The zero-order valence-corrected chi connectivity index (χ0v) is 17.8. The Kier molecular flexibility index (Phi) is 9.36. The number of rotatable bonds is 9. The minimum Gasteiger partial charge on any atom is -0.445 e. The largest absolute Gasteiger partial charge is 0.509 e. The smallest absolute Gasteiger partial charge is 0.445 e. The number of benzene rings is 1. The van der Waals surface area contributed by atoms with Crippen molar-refractivity contribution in [1.82, 2.24) is 5.32 Å². The minimum absolute atomic E-state index is 0.0456. The Morgan fingerprint density at radius 1 is 1.15 bits per heavy atom. The maximum Gasteiger partial charge on any atom is 0.509 e. The quantitative estimate of drug-likeness (QED) is 0.190. The summed E-state index contributed by atoms with van der Waals surface area (Å²) in [5.41, 5.74) is -0.113. The number of carbonyl (C=O) groups is 3. The number of hydrogen-bond donors (Lipinski definition) is 1. The second-order valence-corrected chi connectivity index (χ2v) is 6.79. The van der Waals surface area contributed by atoms with Gasteiger partial charge in [0.25, 0.3) is 5.69 Å². The zero-order chi connectivity index (χ0) is 24.4. The topological polar surface area (TPSA) is 153 Å². The summed E-state index contributed by atoms with van der Waals surface area (Å²) in [4.78, 5) is 46.6. The van der Waals surface area contributed by atoms with Crippen LogP contribution in [0.3, 0.4) is 0 Å². The van der Waals surface area contributed by atoms with Crippen LogP contribution in [0.1, 0.15) is 23.7 Å². The molecule has 33 heavy (non-hydrogen) atoms. The third kappa shape index (κ3) is 7.61. The summed E-state index contributed by atoms with van der Waals surface area (Å²) < 4.78 is 26.0. The van der Waals surface area contributed by atoms with Gasteiger partial charge in [0.05, 0.1) is 22.6 Å². The van der Waals surface area contributed by atoms with Crippen LogP contribution in [0.5, 0.6) is 0 Å². The summed E-state index contributed by atoms with van der Waals surface area (Å²) in [5.74, 6) is -0.792. The van der Waals surface area contributed by atoms with E-state index < -0.39 is 47.7 Å². The number of hydrogen-bond acceptors (Lipinski definition) is 10. The molecule has 0 aromatic heterocycles. The molecule has 4 atom stereocenters. The van der Waals surface area contributed by atoms with Gasteiger partial charge in [-0.25, -0.2) is 14.4 Å². The fourth-order valence-electron chi connectivity index (χ4n) is 2.94. The third-order valence-electron chi connectivity index (χ3n) is 4.41. The molecule has 12 nitrogen and oxygen atoms in total. The van der Waals surface area contributed by atoms with Crippen molar-refractivity contribution >= 4 is 23.9 Å². The van der Waals surface area contributed by atoms with Gasteiger partial charge in [-0.3, -0.25) is 10.1 Å². The van der Waals surface area contributed by atoms with E-state index >= 15 is 0 Å². The van der Waals surface area contributed by atoms with Crippen LogP contribution in [0, 0.1) is 10.1 Å². The Bertz CT molecular complexity index is 886. The van der Waals surface area contributed by atoms with Crippen molar-refractivity contribution in [3.05, 3.63) is 65.3 Å². The molecule has 0 radical (unpaired) electrons. The molecule has 1 N–H and O–H groups in total. The van der Waals surface area contributed by atoms with Gasteiger partial charge < -0.3 is 29.0 Å². The summed E-state index contributed by atoms with van der Waals surface area (Å²) in [7, 11) is 0. The van der Waals surface area contributed by atoms with Gasteiger partial charge in [-0.1, -0.05) is 25.3 Å². The Labute approximate surface area is 189 Å². The number of carbonyl (C=O) groups excluding carboxylic acids is 3. The molecular weight excluding hydrogens is 440 g/mol. The molecule has 1 aromatic carbocycles. The molecule has 1 heterocycles. The fraction of sp³-hybridized carbons (Fsp3) is 0.381. The zero-order valence-electron chi connectivity index (χ0n) is 17.8. The van der Waals surface area contributed by atoms with Crippen LogP contribution in [0.2, 0.25) is 0 Å². The van der Waals surface area contributed by atoms with E-state index in [1.807, 2.05) is 0 Å². The van der Waals surface area contributed by atoms with Crippen LogP contribution >= 0.6 is 0 Å². The number of non-ortho nitro benzene ring substituents is 1. The van der Waals surface area contributed by atoms with Crippen LogP contribution in [-0.4, -0.2) is 60.9 Å². The van der Waals surface area contributed by atoms with E-state index in [1.54, 1.807) is 6.92 Å². The van der Waals surface area contributed by atoms with Crippen molar-refractivity contribution in [2.75, 3.05) is 13.2 Å². The highest BCUT2D eigenvalue weighted by Gasteiger charge is 2.42. The van der Waals surface area contributed by atoms with Crippen molar-refractivity contribution in [1.29, 1.82) is 0 Å². The van der Waals surface area contributed by atoms with Crippen molar-refractivity contribution in [2.45, 2.75) is 37.9 Å². The van der Waals surface area contributed by atoms with Gasteiger partial charge in [0.2, 0.25) is 6.29 Å². The lowest BCUT2D eigenvalue weighted by Crippen LogP contribution is -2.57. The van der Waals surface area contributed by atoms with E-state index in [4.69, 9.17) is 23.7 Å². The lowest BCUT2D eigenvalue weighted by atomic mass is 9.99. The number of alkyl carbamates (subject to hydrolysis) is 1. The molecule has 0 saturated carbocycles.